The van der Waals surface area contributed by atoms with Crippen molar-refractivity contribution in [1.29, 1.82) is 0 Å². The summed E-state index contributed by atoms with van der Waals surface area (Å²) in [5.74, 6) is 0.869. The largest absolute Gasteiger partial charge is 0.381 e. The van der Waals surface area contributed by atoms with E-state index in [1.54, 1.807) is 0 Å². The first-order chi connectivity index (χ1) is 12.6. The summed E-state index contributed by atoms with van der Waals surface area (Å²) in [6.07, 6.45) is 4.67. The number of amides is 1. The van der Waals surface area contributed by atoms with Crippen LogP contribution in [0, 0.1) is 17.7 Å². The maximum atomic E-state index is 13.3. The second-order valence-corrected chi connectivity index (χ2v) is 7.96. The predicted octanol–water partition coefficient (Wildman–Crippen LogP) is 3.44. The van der Waals surface area contributed by atoms with Crippen LogP contribution in [0.25, 0.3) is 0 Å². The van der Waals surface area contributed by atoms with Gasteiger partial charge in [-0.1, -0.05) is 19.1 Å². The van der Waals surface area contributed by atoms with Gasteiger partial charge in [-0.15, -0.1) is 12.4 Å². The molecular weight excluding hydrogens is 367 g/mol. The number of hydrogen-bond acceptors (Lipinski definition) is 3. The SMILES string of the molecule is CC(CC(=O)NCC1(c2ccc(F)cc2)CCOCC1)C1CCCNC1.Cl. The van der Waals surface area contributed by atoms with Crippen LogP contribution in [0.2, 0.25) is 0 Å². The monoisotopic (exact) mass is 398 g/mol. The van der Waals surface area contributed by atoms with Gasteiger partial charge in [0.05, 0.1) is 0 Å². The first kappa shape index (κ1) is 22.1. The molecule has 2 unspecified atom stereocenters. The molecule has 0 aromatic heterocycles. The average Bonchev–Trinajstić information content (AvgIpc) is 2.68. The van der Waals surface area contributed by atoms with Crippen LogP contribution in [-0.4, -0.2) is 38.8 Å². The number of halogens is 2. The quantitative estimate of drug-likeness (QED) is 0.771. The van der Waals surface area contributed by atoms with E-state index < -0.39 is 0 Å². The molecule has 3 rings (SSSR count). The normalized spacial score (nSPS) is 23.1. The van der Waals surface area contributed by atoms with Crippen molar-refractivity contribution in [1.82, 2.24) is 10.6 Å². The van der Waals surface area contributed by atoms with Crippen molar-refractivity contribution in [3.8, 4) is 0 Å². The van der Waals surface area contributed by atoms with Crippen LogP contribution in [0.3, 0.4) is 0 Å². The molecule has 2 heterocycles. The summed E-state index contributed by atoms with van der Waals surface area (Å²) in [6, 6.07) is 6.71. The van der Waals surface area contributed by atoms with Gasteiger partial charge in [0.1, 0.15) is 5.82 Å². The zero-order valence-corrected chi connectivity index (χ0v) is 17.0. The van der Waals surface area contributed by atoms with Gasteiger partial charge in [-0.3, -0.25) is 4.79 Å². The van der Waals surface area contributed by atoms with E-state index >= 15 is 0 Å². The standard InChI is InChI=1S/C21H31FN2O2.ClH/c1-16(17-3-2-10-23-14-17)13-20(25)24-15-21(8-11-26-12-9-21)18-4-6-19(22)7-5-18;/h4-7,16-17,23H,2-3,8-15H2,1H3,(H,24,25);1H. The van der Waals surface area contributed by atoms with Crippen LogP contribution in [0.1, 0.15) is 44.6 Å². The molecule has 1 aromatic carbocycles. The predicted molar refractivity (Wildman–Crippen MR) is 108 cm³/mol. The second-order valence-electron chi connectivity index (χ2n) is 7.96. The molecule has 0 saturated carbocycles. The highest BCUT2D eigenvalue weighted by atomic mass is 35.5. The molecule has 0 radical (unpaired) electrons. The maximum Gasteiger partial charge on any atom is 0.220 e. The number of hydrogen-bond donors (Lipinski definition) is 2. The van der Waals surface area contributed by atoms with E-state index in [2.05, 4.69) is 17.6 Å². The summed E-state index contributed by atoms with van der Waals surface area (Å²) >= 11 is 0. The van der Waals surface area contributed by atoms with E-state index in [0.717, 1.165) is 31.5 Å². The van der Waals surface area contributed by atoms with Crippen LogP contribution in [0.5, 0.6) is 0 Å². The molecule has 0 bridgehead atoms. The van der Waals surface area contributed by atoms with Crippen LogP contribution >= 0.6 is 12.4 Å². The van der Waals surface area contributed by atoms with Crippen molar-refractivity contribution < 1.29 is 13.9 Å². The Morgan fingerprint density at radius 3 is 2.67 bits per heavy atom. The van der Waals surface area contributed by atoms with Gasteiger partial charge in [0.2, 0.25) is 5.91 Å². The third-order valence-electron chi connectivity index (χ3n) is 6.18. The summed E-state index contributed by atoms with van der Waals surface area (Å²) in [5, 5.41) is 6.60. The lowest BCUT2D eigenvalue weighted by Gasteiger charge is -2.38. The van der Waals surface area contributed by atoms with Crippen molar-refractivity contribution in [3.05, 3.63) is 35.6 Å². The molecule has 0 aliphatic carbocycles. The Hall–Kier alpha value is -1.17. The second kappa shape index (κ2) is 10.4. The van der Waals surface area contributed by atoms with Crippen LogP contribution in [-0.2, 0) is 14.9 Å². The molecular formula is C21H32ClFN2O2. The Kier molecular flexibility index (Phi) is 8.52. The van der Waals surface area contributed by atoms with Crippen molar-refractivity contribution in [3.63, 3.8) is 0 Å². The van der Waals surface area contributed by atoms with Gasteiger partial charge in [-0.05, 0) is 68.3 Å². The number of piperidine rings is 1. The Labute approximate surface area is 168 Å². The van der Waals surface area contributed by atoms with Gasteiger partial charge in [-0.2, -0.15) is 0 Å². The van der Waals surface area contributed by atoms with Crippen molar-refractivity contribution >= 4 is 18.3 Å². The summed E-state index contributed by atoms with van der Waals surface area (Å²) in [7, 11) is 0. The summed E-state index contributed by atoms with van der Waals surface area (Å²) in [6.45, 7) is 6.25. The van der Waals surface area contributed by atoms with Gasteiger partial charge in [-0.25, -0.2) is 4.39 Å². The molecule has 6 heteroatoms. The lowest BCUT2D eigenvalue weighted by Crippen LogP contribution is -2.45. The van der Waals surface area contributed by atoms with Crippen LogP contribution in [0.15, 0.2) is 24.3 Å². The Morgan fingerprint density at radius 1 is 1.33 bits per heavy atom. The average molecular weight is 399 g/mol. The zero-order chi connectivity index (χ0) is 18.4. The van der Waals surface area contributed by atoms with E-state index in [9.17, 15) is 9.18 Å². The molecule has 2 aliphatic rings. The fourth-order valence-corrected chi connectivity index (χ4v) is 4.30. The van der Waals surface area contributed by atoms with Crippen molar-refractivity contribution in [2.45, 2.75) is 44.4 Å². The first-order valence-electron chi connectivity index (χ1n) is 9.90. The molecule has 152 valence electrons. The van der Waals surface area contributed by atoms with E-state index in [0.29, 0.717) is 38.0 Å². The van der Waals surface area contributed by atoms with Gasteiger partial charge >= 0.3 is 0 Å². The molecule has 2 N–H and O–H groups in total. The van der Waals surface area contributed by atoms with Crippen molar-refractivity contribution in [2.75, 3.05) is 32.8 Å². The molecule has 1 amide bonds. The summed E-state index contributed by atoms with van der Waals surface area (Å²) in [5.41, 5.74) is 0.934. The fraction of sp³-hybridized carbons (Fsp3) is 0.667. The number of nitrogens with one attached hydrogen (secondary N) is 2. The van der Waals surface area contributed by atoms with Crippen LogP contribution in [0.4, 0.5) is 4.39 Å². The van der Waals surface area contributed by atoms with Crippen LogP contribution < -0.4 is 10.6 Å². The number of carbonyl (C=O) groups is 1. The Bertz CT molecular complexity index is 584. The topological polar surface area (TPSA) is 50.4 Å². The molecule has 2 fully saturated rings. The third-order valence-corrected chi connectivity index (χ3v) is 6.18. The minimum atomic E-state index is -0.227. The Morgan fingerprint density at radius 2 is 2.04 bits per heavy atom. The van der Waals surface area contributed by atoms with Crippen molar-refractivity contribution in [2.24, 2.45) is 11.8 Å². The molecule has 4 nitrogen and oxygen atoms in total. The summed E-state index contributed by atoms with van der Waals surface area (Å²) in [4.78, 5) is 12.5. The molecule has 2 aliphatic heterocycles. The molecule has 2 atom stereocenters. The lowest BCUT2D eigenvalue weighted by molar-refractivity contribution is -0.122. The first-order valence-corrected chi connectivity index (χ1v) is 9.90. The number of rotatable bonds is 6. The number of ether oxygens (including phenoxy) is 1. The Balaban J connectivity index is 0.00000261. The maximum absolute atomic E-state index is 13.3. The van der Waals surface area contributed by atoms with Gasteiger partial charge in [0.15, 0.2) is 0 Å². The van der Waals surface area contributed by atoms with E-state index in [-0.39, 0.29) is 29.5 Å². The minimum absolute atomic E-state index is 0. The third kappa shape index (κ3) is 5.90. The highest BCUT2D eigenvalue weighted by molar-refractivity contribution is 5.85. The van der Waals surface area contributed by atoms with E-state index in [1.807, 2.05) is 12.1 Å². The van der Waals surface area contributed by atoms with Gasteiger partial charge in [0, 0.05) is 31.6 Å². The minimum Gasteiger partial charge on any atom is -0.381 e. The summed E-state index contributed by atoms with van der Waals surface area (Å²) < 4.78 is 18.8. The molecule has 1 aromatic rings. The molecule has 27 heavy (non-hydrogen) atoms. The molecule has 2 saturated heterocycles. The molecule has 0 spiro atoms. The van der Waals surface area contributed by atoms with Gasteiger partial charge < -0.3 is 15.4 Å². The van der Waals surface area contributed by atoms with E-state index in [4.69, 9.17) is 4.74 Å². The fourth-order valence-electron chi connectivity index (χ4n) is 4.30. The van der Waals surface area contributed by atoms with Gasteiger partial charge in [0.25, 0.3) is 0 Å². The smallest absolute Gasteiger partial charge is 0.220 e. The zero-order valence-electron chi connectivity index (χ0n) is 16.1. The lowest BCUT2D eigenvalue weighted by atomic mass is 9.74. The van der Waals surface area contributed by atoms with E-state index in [1.165, 1.54) is 25.0 Å². The highest BCUT2D eigenvalue weighted by Crippen LogP contribution is 2.34. The number of benzene rings is 1. The number of carbonyl (C=O) groups excluding carboxylic acids is 1. The highest BCUT2D eigenvalue weighted by Gasteiger charge is 2.35.